The van der Waals surface area contributed by atoms with E-state index in [2.05, 4.69) is 26.7 Å². The molecule has 1 aliphatic carbocycles. The van der Waals surface area contributed by atoms with E-state index in [-0.39, 0.29) is 11.5 Å². The number of carbonyl (C=O) groups excluding carboxylic acids is 1. The summed E-state index contributed by atoms with van der Waals surface area (Å²) in [7, 11) is 0. The Morgan fingerprint density at radius 3 is 2.31 bits per heavy atom. The Labute approximate surface area is 155 Å². The fourth-order valence-corrected chi connectivity index (χ4v) is 4.86. The lowest BCUT2D eigenvalue weighted by molar-refractivity contribution is -0.139. The molecule has 0 radical (unpaired) electrons. The molecule has 2 saturated heterocycles. The van der Waals surface area contributed by atoms with E-state index < -0.39 is 0 Å². The van der Waals surface area contributed by atoms with Crippen LogP contribution in [0.3, 0.4) is 0 Å². The van der Waals surface area contributed by atoms with Crippen molar-refractivity contribution in [2.24, 2.45) is 5.41 Å². The van der Waals surface area contributed by atoms with Gasteiger partial charge in [0.25, 0.3) is 0 Å². The van der Waals surface area contributed by atoms with Crippen molar-refractivity contribution in [3.8, 4) is 0 Å². The zero-order chi connectivity index (χ0) is 18.1. The molecule has 0 bridgehead atoms. The molecule has 0 unspecified atom stereocenters. The van der Waals surface area contributed by atoms with Gasteiger partial charge in [0.15, 0.2) is 0 Å². The summed E-state index contributed by atoms with van der Waals surface area (Å²) in [6.07, 6.45) is 11.0. The Hall–Kier alpha value is -1.69. The highest BCUT2D eigenvalue weighted by atomic mass is 16.3. The van der Waals surface area contributed by atoms with Gasteiger partial charge in [-0.15, -0.1) is 0 Å². The predicted molar refractivity (Wildman–Crippen MR) is 99.9 cm³/mol. The van der Waals surface area contributed by atoms with Gasteiger partial charge in [0.2, 0.25) is 11.9 Å². The number of hydrogen-bond acceptors (Lipinski definition) is 5. The number of anilines is 1. The summed E-state index contributed by atoms with van der Waals surface area (Å²) < 4.78 is 0. The second kappa shape index (κ2) is 7.14. The Kier molecular flexibility index (Phi) is 4.86. The highest BCUT2D eigenvalue weighted by Crippen LogP contribution is 2.44. The number of nitrogens with zero attached hydrogens (tertiary/aromatic N) is 4. The molecule has 1 spiro atoms. The molecule has 1 amide bonds. The van der Waals surface area contributed by atoms with Gasteiger partial charge < -0.3 is 14.9 Å². The van der Waals surface area contributed by atoms with Crippen molar-refractivity contribution < 1.29 is 9.90 Å². The molecule has 3 fully saturated rings. The average molecular weight is 358 g/mol. The Bertz CT molecular complexity index is 632. The van der Waals surface area contributed by atoms with Gasteiger partial charge >= 0.3 is 0 Å². The van der Waals surface area contributed by atoms with Crippen LogP contribution in [-0.2, 0) is 11.2 Å². The normalized spacial score (nSPS) is 28.8. The lowest BCUT2D eigenvalue weighted by Gasteiger charge is -2.39. The number of rotatable bonds is 3. The monoisotopic (exact) mass is 358 g/mol. The molecule has 6 heteroatoms. The summed E-state index contributed by atoms with van der Waals surface area (Å²) >= 11 is 0. The van der Waals surface area contributed by atoms with Crippen molar-refractivity contribution in [2.75, 3.05) is 24.5 Å². The topological polar surface area (TPSA) is 69.6 Å². The Morgan fingerprint density at radius 2 is 1.69 bits per heavy atom. The van der Waals surface area contributed by atoms with Gasteiger partial charge in [0, 0.05) is 38.1 Å². The lowest BCUT2D eigenvalue weighted by Crippen LogP contribution is -2.47. The number of piperidine rings is 1. The SMILES string of the molecule is CCc1cnc(N2CCC3(CC2)CCN([C@H]2CC[C@H](O)CC2)C3=O)nc1. The fraction of sp³-hybridized carbons (Fsp3) is 0.750. The molecule has 3 aliphatic rings. The molecule has 26 heavy (non-hydrogen) atoms. The molecule has 1 aromatic heterocycles. The zero-order valence-electron chi connectivity index (χ0n) is 15.7. The summed E-state index contributed by atoms with van der Waals surface area (Å²) in [5, 5.41) is 9.73. The number of aliphatic hydroxyl groups is 1. The third-order valence-corrected chi connectivity index (χ3v) is 6.76. The highest BCUT2D eigenvalue weighted by Gasteiger charge is 2.50. The van der Waals surface area contributed by atoms with E-state index in [4.69, 9.17) is 0 Å². The van der Waals surface area contributed by atoms with Crippen LogP contribution in [0.5, 0.6) is 0 Å². The van der Waals surface area contributed by atoms with Crippen LogP contribution in [-0.4, -0.2) is 57.7 Å². The Morgan fingerprint density at radius 1 is 1.08 bits per heavy atom. The third-order valence-electron chi connectivity index (χ3n) is 6.76. The molecule has 1 aromatic rings. The van der Waals surface area contributed by atoms with Crippen molar-refractivity contribution in [1.82, 2.24) is 14.9 Å². The third kappa shape index (κ3) is 3.20. The van der Waals surface area contributed by atoms with Gasteiger partial charge in [-0.25, -0.2) is 9.97 Å². The van der Waals surface area contributed by atoms with Gasteiger partial charge in [-0.2, -0.15) is 0 Å². The van der Waals surface area contributed by atoms with Crippen molar-refractivity contribution in [3.63, 3.8) is 0 Å². The lowest BCUT2D eigenvalue weighted by atomic mass is 9.77. The maximum absolute atomic E-state index is 13.2. The van der Waals surface area contributed by atoms with Crippen LogP contribution in [0.25, 0.3) is 0 Å². The van der Waals surface area contributed by atoms with Crippen LogP contribution in [0.15, 0.2) is 12.4 Å². The molecule has 6 nitrogen and oxygen atoms in total. The summed E-state index contributed by atoms with van der Waals surface area (Å²) in [6.45, 7) is 4.71. The summed E-state index contributed by atoms with van der Waals surface area (Å²) in [5.74, 6) is 1.15. The fourth-order valence-electron chi connectivity index (χ4n) is 4.86. The van der Waals surface area contributed by atoms with E-state index in [1.54, 1.807) is 0 Å². The summed E-state index contributed by atoms with van der Waals surface area (Å²) in [5.41, 5.74) is 0.983. The minimum Gasteiger partial charge on any atom is -0.393 e. The standard InChI is InChI=1S/C20H30N4O2/c1-2-15-13-21-19(22-14-15)23-10-7-20(8-11-23)9-12-24(18(20)26)16-3-5-17(25)6-4-16/h13-14,16-17,25H,2-12H2,1H3/t16-,17-. The van der Waals surface area contributed by atoms with Gasteiger partial charge in [-0.05, 0) is 56.9 Å². The second-order valence-corrected chi connectivity index (χ2v) is 8.22. The van der Waals surface area contributed by atoms with Gasteiger partial charge in [-0.3, -0.25) is 4.79 Å². The molecule has 1 saturated carbocycles. The largest absolute Gasteiger partial charge is 0.393 e. The van der Waals surface area contributed by atoms with Crippen LogP contribution < -0.4 is 4.90 Å². The Balaban J connectivity index is 1.38. The maximum Gasteiger partial charge on any atom is 0.229 e. The van der Waals surface area contributed by atoms with E-state index in [1.807, 2.05) is 12.4 Å². The average Bonchev–Trinajstić information content (AvgIpc) is 2.99. The van der Waals surface area contributed by atoms with Crippen LogP contribution in [0.1, 0.15) is 57.4 Å². The highest BCUT2D eigenvalue weighted by molar-refractivity contribution is 5.85. The molecular formula is C20H30N4O2. The van der Waals surface area contributed by atoms with Crippen LogP contribution in [0.2, 0.25) is 0 Å². The first-order valence-electron chi connectivity index (χ1n) is 10.2. The number of likely N-dealkylation sites (tertiary alicyclic amines) is 1. The van der Waals surface area contributed by atoms with Crippen molar-refractivity contribution in [2.45, 2.75) is 70.4 Å². The van der Waals surface area contributed by atoms with Crippen molar-refractivity contribution in [1.29, 1.82) is 0 Å². The maximum atomic E-state index is 13.2. The number of aliphatic hydroxyl groups excluding tert-OH is 1. The van der Waals surface area contributed by atoms with E-state index in [0.29, 0.717) is 11.9 Å². The van der Waals surface area contributed by atoms with E-state index in [0.717, 1.165) is 82.5 Å². The summed E-state index contributed by atoms with van der Waals surface area (Å²) in [6, 6.07) is 0.341. The number of amides is 1. The molecular weight excluding hydrogens is 328 g/mol. The van der Waals surface area contributed by atoms with Gasteiger partial charge in [-0.1, -0.05) is 6.92 Å². The summed E-state index contributed by atoms with van der Waals surface area (Å²) in [4.78, 5) is 26.6. The first-order chi connectivity index (χ1) is 12.6. The van der Waals surface area contributed by atoms with Crippen LogP contribution in [0, 0.1) is 5.41 Å². The molecule has 142 valence electrons. The van der Waals surface area contributed by atoms with Crippen LogP contribution >= 0.6 is 0 Å². The first kappa shape index (κ1) is 17.7. The zero-order valence-corrected chi connectivity index (χ0v) is 15.7. The minimum atomic E-state index is -0.171. The smallest absolute Gasteiger partial charge is 0.229 e. The quantitative estimate of drug-likeness (QED) is 0.897. The van der Waals surface area contributed by atoms with Crippen LogP contribution in [0.4, 0.5) is 5.95 Å². The molecule has 1 N–H and O–H groups in total. The number of aromatic nitrogens is 2. The predicted octanol–water partition coefficient (Wildman–Crippen LogP) is 2.16. The van der Waals surface area contributed by atoms with E-state index in [9.17, 15) is 9.90 Å². The second-order valence-electron chi connectivity index (χ2n) is 8.22. The number of aryl methyl sites for hydroxylation is 1. The van der Waals surface area contributed by atoms with Gasteiger partial charge in [0.1, 0.15) is 0 Å². The number of carbonyl (C=O) groups is 1. The molecule has 0 aromatic carbocycles. The molecule has 3 heterocycles. The first-order valence-corrected chi connectivity index (χ1v) is 10.2. The minimum absolute atomic E-state index is 0.166. The van der Waals surface area contributed by atoms with E-state index >= 15 is 0 Å². The van der Waals surface area contributed by atoms with Crippen molar-refractivity contribution >= 4 is 11.9 Å². The van der Waals surface area contributed by atoms with Crippen molar-refractivity contribution in [3.05, 3.63) is 18.0 Å². The van der Waals surface area contributed by atoms with Gasteiger partial charge in [0.05, 0.1) is 11.5 Å². The molecule has 4 rings (SSSR count). The molecule has 0 atom stereocenters. The van der Waals surface area contributed by atoms with E-state index in [1.165, 1.54) is 0 Å². The number of hydrogen-bond donors (Lipinski definition) is 1. The molecule has 2 aliphatic heterocycles.